The van der Waals surface area contributed by atoms with Crippen LogP contribution in [0.15, 0.2) is 59.1 Å². The predicted molar refractivity (Wildman–Crippen MR) is 102 cm³/mol. The van der Waals surface area contributed by atoms with Crippen molar-refractivity contribution in [1.29, 1.82) is 0 Å². The van der Waals surface area contributed by atoms with E-state index in [1.165, 1.54) is 0 Å². The Morgan fingerprint density at radius 3 is 2.54 bits per heavy atom. The van der Waals surface area contributed by atoms with E-state index in [9.17, 15) is 9.59 Å². The molecule has 142 valence electrons. The number of para-hydroxylation sites is 1. The van der Waals surface area contributed by atoms with Gasteiger partial charge >= 0.3 is 0 Å². The minimum absolute atomic E-state index is 0.00993. The number of hydrogen-bond acceptors (Lipinski definition) is 6. The van der Waals surface area contributed by atoms with Crippen molar-refractivity contribution in [3.05, 3.63) is 66.3 Å². The number of anilines is 1. The molecule has 1 aromatic heterocycles. The predicted octanol–water partition coefficient (Wildman–Crippen LogP) is 1.68. The second-order valence-electron chi connectivity index (χ2n) is 6.52. The average Bonchev–Trinajstić information content (AvgIpc) is 3.18. The number of amides is 2. The average molecular weight is 377 g/mol. The van der Waals surface area contributed by atoms with E-state index in [4.69, 9.17) is 10.3 Å². The zero-order valence-electron chi connectivity index (χ0n) is 15.1. The van der Waals surface area contributed by atoms with Crippen LogP contribution in [0.2, 0.25) is 0 Å². The normalized spacial score (nSPS) is 15.0. The van der Waals surface area contributed by atoms with Crippen LogP contribution in [0.5, 0.6) is 0 Å². The maximum absolute atomic E-state index is 12.8. The number of carbonyl (C=O) groups excluding carboxylic acids is 2. The van der Waals surface area contributed by atoms with Gasteiger partial charge in [0.2, 0.25) is 11.8 Å². The van der Waals surface area contributed by atoms with Crippen molar-refractivity contribution < 1.29 is 14.1 Å². The van der Waals surface area contributed by atoms with Crippen LogP contribution in [0, 0.1) is 0 Å². The molecule has 2 heterocycles. The van der Waals surface area contributed by atoms with Crippen molar-refractivity contribution in [2.24, 2.45) is 5.73 Å². The Balaban J connectivity index is 1.49. The maximum Gasteiger partial charge on any atom is 0.290 e. The number of nitrogens with zero attached hydrogens (tertiary/aromatic N) is 4. The van der Waals surface area contributed by atoms with E-state index in [2.05, 4.69) is 10.1 Å². The summed E-state index contributed by atoms with van der Waals surface area (Å²) >= 11 is 0. The van der Waals surface area contributed by atoms with Gasteiger partial charge < -0.3 is 15.2 Å². The first kappa shape index (κ1) is 17.9. The summed E-state index contributed by atoms with van der Waals surface area (Å²) in [6, 6.07) is 17.9. The van der Waals surface area contributed by atoms with E-state index in [1.807, 2.05) is 64.4 Å². The summed E-state index contributed by atoms with van der Waals surface area (Å²) in [5.74, 6) is -0.644. The van der Waals surface area contributed by atoms with Gasteiger partial charge in [-0.3, -0.25) is 14.5 Å². The van der Waals surface area contributed by atoms with Crippen molar-refractivity contribution in [2.45, 2.75) is 6.54 Å². The lowest BCUT2D eigenvalue weighted by atomic mass is 10.0. The topological polar surface area (TPSA) is 106 Å². The standard InChI is InChI=1S/C20H19N5O3/c21-19(27)20-22-17(28-23-20)12-24-10-11-25(18(26)13-24)16-9-5-4-8-15(16)14-6-2-1-3-7-14/h1-9H,10-13H2,(H2,21,27). The van der Waals surface area contributed by atoms with Gasteiger partial charge in [-0.25, -0.2) is 0 Å². The van der Waals surface area contributed by atoms with Crippen LogP contribution < -0.4 is 10.6 Å². The van der Waals surface area contributed by atoms with E-state index >= 15 is 0 Å². The third-order valence-electron chi connectivity index (χ3n) is 4.63. The Kier molecular flexibility index (Phi) is 4.86. The SMILES string of the molecule is NC(=O)c1noc(CN2CCN(c3ccccc3-c3ccccc3)C(=O)C2)n1. The number of piperazine rings is 1. The number of hydrogen-bond donors (Lipinski definition) is 1. The third kappa shape index (κ3) is 3.63. The Hall–Kier alpha value is -3.52. The van der Waals surface area contributed by atoms with Crippen LogP contribution in [0.1, 0.15) is 16.5 Å². The highest BCUT2D eigenvalue weighted by molar-refractivity contribution is 5.99. The number of carbonyl (C=O) groups is 2. The van der Waals surface area contributed by atoms with E-state index < -0.39 is 5.91 Å². The minimum atomic E-state index is -0.742. The third-order valence-corrected chi connectivity index (χ3v) is 4.63. The molecule has 1 saturated heterocycles. The summed E-state index contributed by atoms with van der Waals surface area (Å²) in [6.45, 7) is 1.69. The molecule has 8 nitrogen and oxygen atoms in total. The van der Waals surface area contributed by atoms with Gasteiger partial charge in [0, 0.05) is 18.7 Å². The van der Waals surface area contributed by atoms with Gasteiger partial charge in [0.1, 0.15) is 0 Å². The molecule has 0 atom stereocenters. The van der Waals surface area contributed by atoms with Crippen molar-refractivity contribution in [2.75, 3.05) is 24.5 Å². The van der Waals surface area contributed by atoms with Crippen LogP contribution in [0.3, 0.4) is 0 Å². The molecule has 28 heavy (non-hydrogen) atoms. The van der Waals surface area contributed by atoms with E-state index in [-0.39, 0.29) is 24.2 Å². The second kappa shape index (κ2) is 7.61. The first-order valence-corrected chi connectivity index (χ1v) is 8.91. The van der Waals surface area contributed by atoms with Crippen LogP contribution in [-0.4, -0.2) is 46.5 Å². The molecule has 0 saturated carbocycles. The molecule has 0 radical (unpaired) electrons. The minimum Gasteiger partial charge on any atom is -0.363 e. The Labute approximate surface area is 161 Å². The molecule has 0 spiro atoms. The van der Waals surface area contributed by atoms with Gasteiger partial charge in [-0.1, -0.05) is 53.7 Å². The quantitative estimate of drug-likeness (QED) is 0.725. The van der Waals surface area contributed by atoms with Gasteiger partial charge in [-0.2, -0.15) is 4.98 Å². The number of nitrogens with two attached hydrogens (primary N) is 1. The van der Waals surface area contributed by atoms with Gasteiger partial charge in [-0.15, -0.1) is 0 Å². The Bertz CT molecular complexity index is 1000. The Morgan fingerprint density at radius 1 is 1.07 bits per heavy atom. The van der Waals surface area contributed by atoms with Crippen LogP contribution in [0.25, 0.3) is 11.1 Å². The summed E-state index contributed by atoms with van der Waals surface area (Å²) in [5, 5.41) is 3.53. The fraction of sp³-hybridized carbons (Fsp3) is 0.200. The van der Waals surface area contributed by atoms with E-state index in [0.717, 1.165) is 16.8 Å². The van der Waals surface area contributed by atoms with E-state index in [0.29, 0.717) is 19.6 Å². The fourth-order valence-corrected chi connectivity index (χ4v) is 3.29. The van der Waals surface area contributed by atoms with Gasteiger partial charge in [0.05, 0.1) is 18.8 Å². The zero-order valence-corrected chi connectivity index (χ0v) is 15.1. The monoisotopic (exact) mass is 377 g/mol. The number of rotatable bonds is 5. The zero-order chi connectivity index (χ0) is 19.5. The molecule has 0 bridgehead atoms. The molecule has 1 aliphatic heterocycles. The number of aromatic nitrogens is 2. The summed E-state index contributed by atoms with van der Waals surface area (Å²) in [4.78, 5) is 31.6. The summed E-state index contributed by atoms with van der Waals surface area (Å²) in [6.07, 6.45) is 0. The van der Waals surface area contributed by atoms with Gasteiger partial charge in [-0.05, 0) is 11.6 Å². The molecule has 4 rings (SSSR count). The largest absolute Gasteiger partial charge is 0.363 e. The number of benzene rings is 2. The van der Waals surface area contributed by atoms with Crippen LogP contribution in [0.4, 0.5) is 5.69 Å². The Morgan fingerprint density at radius 2 is 1.82 bits per heavy atom. The first-order chi connectivity index (χ1) is 13.6. The molecule has 1 fully saturated rings. The lowest BCUT2D eigenvalue weighted by molar-refractivity contribution is -0.121. The van der Waals surface area contributed by atoms with Crippen molar-refractivity contribution >= 4 is 17.5 Å². The second-order valence-corrected chi connectivity index (χ2v) is 6.52. The highest BCUT2D eigenvalue weighted by Crippen LogP contribution is 2.31. The molecule has 0 unspecified atom stereocenters. The van der Waals surface area contributed by atoms with Crippen molar-refractivity contribution in [3.63, 3.8) is 0 Å². The van der Waals surface area contributed by atoms with Gasteiger partial charge in [0.15, 0.2) is 0 Å². The molecule has 2 N–H and O–H groups in total. The molecule has 3 aromatic rings. The number of primary amides is 1. The summed E-state index contributed by atoms with van der Waals surface area (Å²) in [5.41, 5.74) is 8.11. The lowest BCUT2D eigenvalue weighted by Crippen LogP contribution is -2.50. The van der Waals surface area contributed by atoms with Crippen LogP contribution in [-0.2, 0) is 11.3 Å². The summed E-state index contributed by atoms with van der Waals surface area (Å²) < 4.78 is 5.02. The smallest absolute Gasteiger partial charge is 0.290 e. The molecule has 8 heteroatoms. The lowest BCUT2D eigenvalue weighted by Gasteiger charge is -2.34. The maximum atomic E-state index is 12.8. The molecule has 2 amide bonds. The van der Waals surface area contributed by atoms with Crippen LogP contribution >= 0.6 is 0 Å². The van der Waals surface area contributed by atoms with Gasteiger partial charge in [0.25, 0.3) is 11.7 Å². The first-order valence-electron chi connectivity index (χ1n) is 8.91. The molecule has 2 aromatic carbocycles. The van der Waals surface area contributed by atoms with Crippen molar-refractivity contribution in [1.82, 2.24) is 15.0 Å². The molecule has 1 aliphatic rings. The molecular formula is C20H19N5O3. The highest BCUT2D eigenvalue weighted by Gasteiger charge is 2.28. The van der Waals surface area contributed by atoms with Crippen molar-refractivity contribution in [3.8, 4) is 11.1 Å². The highest BCUT2D eigenvalue weighted by atomic mass is 16.5. The van der Waals surface area contributed by atoms with E-state index in [1.54, 1.807) is 0 Å². The fourth-order valence-electron chi connectivity index (χ4n) is 3.29. The summed E-state index contributed by atoms with van der Waals surface area (Å²) in [7, 11) is 0. The molecular weight excluding hydrogens is 358 g/mol. The molecule has 0 aliphatic carbocycles.